The molecule has 1 N–H and O–H groups in total. The van der Waals surface area contributed by atoms with Gasteiger partial charge in [0, 0.05) is 11.6 Å². The highest BCUT2D eigenvalue weighted by Crippen LogP contribution is 2.26. The first kappa shape index (κ1) is 22.7. The van der Waals surface area contributed by atoms with E-state index in [-0.39, 0.29) is 17.3 Å². The lowest BCUT2D eigenvalue weighted by Gasteiger charge is -2.13. The first-order valence-corrected chi connectivity index (χ1v) is 10.4. The number of aromatic nitrogens is 2. The Kier molecular flexibility index (Phi) is 7.58. The van der Waals surface area contributed by atoms with Crippen molar-refractivity contribution in [1.29, 1.82) is 0 Å². The number of hydrogen-bond acceptors (Lipinski definition) is 4. The summed E-state index contributed by atoms with van der Waals surface area (Å²) in [6, 6.07) is 8.93. The minimum atomic E-state index is -0.641. The molecule has 4 nitrogen and oxygen atoms in total. The Morgan fingerprint density at radius 2 is 2.03 bits per heavy atom. The van der Waals surface area contributed by atoms with Gasteiger partial charge in [-0.15, -0.1) is 0 Å². The number of rotatable bonds is 9. The zero-order valence-electron chi connectivity index (χ0n) is 17.5. The molecule has 0 fully saturated rings. The van der Waals surface area contributed by atoms with E-state index in [2.05, 4.69) is 42.0 Å². The summed E-state index contributed by atoms with van der Waals surface area (Å²) in [6.07, 6.45) is 4.98. The maximum absolute atomic E-state index is 13.9. The molecule has 3 aromatic rings. The minimum Gasteiger partial charge on any atom is -0.382 e. The normalized spacial score (nSPS) is 11.6. The molecule has 3 rings (SSSR count). The monoisotopic (exact) mass is 443 g/mol. The van der Waals surface area contributed by atoms with Gasteiger partial charge in [0.25, 0.3) is 5.89 Å². The molecule has 162 valence electrons. The third kappa shape index (κ3) is 5.79. The SMILES string of the molecule is C=C(NCC/C(=C/CCC)c1cc(Cl)ccc1C)c1noc(-c2cc(F)ccc2F)n1. The minimum absolute atomic E-state index is 0.0900. The number of nitrogens with one attached hydrogen (secondary N) is 1. The Morgan fingerprint density at radius 1 is 1.23 bits per heavy atom. The molecule has 0 aliphatic heterocycles. The molecule has 0 bridgehead atoms. The van der Waals surface area contributed by atoms with E-state index < -0.39 is 11.6 Å². The van der Waals surface area contributed by atoms with Crippen molar-refractivity contribution < 1.29 is 13.3 Å². The topological polar surface area (TPSA) is 51.0 Å². The van der Waals surface area contributed by atoms with Crippen LogP contribution < -0.4 is 5.32 Å². The largest absolute Gasteiger partial charge is 0.382 e. The highest BCUT2D eigenvalue weighted by molar-refractivity contribution is 6.30. The van der Waals surface area contributed by atoms with Gasteiger partial charge in [0.05, 0.1) is 11.3 Å². The maximum atomic E-state index is 13.9. The Labute approximate surface area is 185 Å². The molecule has 1 aromatic heterocycles. The number of allylic oxidation sites excluding steroid dienone is 1. The lowest BCUT2D eigenvalue weighted by molar-refractivity contribution is 0.425. The maximum Gasteiger partial charge on any atom is 0.261 e. The predicted octanol–water partition coefficient (Wildman–Crippen LogP) is 6.81. The number of halogens is 3. The van der Waals surface area contributed by atoms with E-state index in [0.29, 0.717) is 17.3 Å². The summed E-state index contributed by atoms with van der Waals surface area (Å²) >= 11 is 6.20. The molecule has 0 unspecified atom stereocenters. The molecule has 2 aromatic carbocycles. The van der Waals surface area contributed by atoms with Gasteiger partial charge in [-0.3, -0.25) is 0 Å². The highest BCUT2D eigenvalue weighted by Gasteiger charge is 2.16. The fourth-order valence-electron chi connectivity index (χ4n) is 3.15. The second-order valence-corrected chi connectivity index (χ2v) is 7.62. The summed E-state index contributed by atoms with van der Waals surface area (Å²) in [4.78, 5) is 4.14. The summed E-state index contributed by atoms with van der Waals surface area (Å²) in [7, 11) is 0. The summed E-state index contributed by atoms with van der Waals surface area (Å²) in [5.74, 6) is -1.14. The van der Waals surface area contributed by atoms with Crippen LogP contribution in [0.3, 0.4) is 0 Å². The third-order valence-corrected chi connectivity index (χ3v) is 5.05. The van der Waals surface area contributed by atoms with Gasteiger partial charge in [-0.05, 0) is 66.8 Å². The Hall–Kier alpha value is -2.99. The van der Waals surface area contributed by atoms with E-state index in [1.807, 2.05) is 18.2 Å². The van der Waals surface area contributed by atoms with Gasteiger partial charge in [0.2, 0.25) is 5.82 Å². The van der Waals surface area contributed by atoms with Crippen LogP contribution in [0.2, 0.25) is 5.02 Å². The van der Waals surface area contributed by atoms with Crippen molar-refractivity contribution in [3.63, 3.8) is 0 Å². The van der Waals surface area contributed by atoms with Crippen molar-refractivity contribution in [3.8, 4) is 11.5 Å². The summed E-state index contributed by atoms with van der Waals surface area (Å²) in [6.45, 7) is 8.71. The molecule has 0 amide bonds. The second kappa shape index (κ2) is 10.4. The second-order valence-electron chi connectivity index (χ2n) is 7.18. The predicted molar refractivity (Wildman–Crippen MR) is 120 cm³/mol. The van der Waals surface area contributed by atoms with Gasteiger partial charge >= 0.3 is 0 Å². The van der Waals surface area contributed by atoms with E-state index in [1.165, 1.54) is 5.57 Å². The fourth-order valence-corrected chi connectivity index (χ4v) is 3.32. The fraction of sp³-hybridized carbons (Fsp3) is 0.250. The number of nitrogens with zero attached hydrogens (tertiary/aromatic N) is 2. The van der Waals surface area contributed by atoms with Crippen LogP contribution in [-0.4, -0.2) is 16.7 Å². The van der Waals surface area contributed by atoms with Crippen molar-refractivity contribution in [1.82, 2.24) is 15.5 Å². The number of aryl methyl sites for hydroxylation is 1. The van der Waals surface area contributed by atoms with Crippen LogP contribution in [-0.2, 0) is 0 Å². The zero-order valence-corrected chi connectivity index (χ0v) is 18.3. The molecule has 7 heteroatoms. The van der Waals surface area contributed by atoms with Gasteiger partial charge < -0.3 is 9.84 Å². The lowest BCUT2D eigenvalue weighted by atomic mass is 9.96. The summed E-state index contributed by atoms with van der Waals surface area (Å²) < 4.78 is 32.4. The van der Waals surface area contributed by atoms with Gasteiger partial charge in [-0.1, -0.05) is 48.8 Å². The van der Waals surface area contributed by atoms with Crippen LogP contribution in [0.5, 0.6) is 0 Å². The molecular weight excluding hydrogens is 420 g/mol. The smallest absolute Gasteiger partial charge is 0.261 e. The number of hydrogen-bond donors (Lipinski definition) is 1. The van der Waals surface area contributed by atoms with E-state index in [4.69, 9.17) is 16.1 Å². The van der Waals surface area contributed by atoms with E-state index >= 15 is 0 Å². The molecule has 0 spiro atoms. The molecule has 0 aliphatic rings. The number of unbranched alkanes of at least 4 members (excludes halogenated alkanes) is 1. The van der Waals surface area contributed by atoms with E-state index in [0.717, 1.165) is 48.6 Å². The molecule has 0 saturated heterocycles. The Bertz CT molecular complexity index is 1110. The van der Waals surface area contributed by atoms with Crippen molar-refractivity contribution in [2.24, 2.45) is 0 Å². The molecule has 0 aliphatic carbocycles. The average Bonchev–Trinajstić information content (AvgIpc) is 3.24. The third-order valence-electron chi connectivity index (χ3n) is 4.81. The first-order valence-electron chi connectivity index (χ1n) is 10.1. The number of benzene rings is 2. The van der Waals surface area contributed by atoms with Gasteiger partial charge in [0.1, 0.15) is 11.6 Å². The van der Waals surface area contributed by atoms with Gasteiger partial charge in [-0.2, -0.15) is 4.98 Å². The quantitative estimate of drug-likeness (QED) is 0.394. The lowest BCUT2D eigenvalue weighted by Crippen LogP contribution is -2.14. The van der Waals surface area contributed by atoms with Crippen LogP contribution >= 0.6 is 11.6 Å². The molecule has 0 radical (unpaired) electrons. The average molecular weight is 444 g/mol. The Balaban J connectivity index is 1.68. The van der Waals surface area contributed by atoms with Crippen molar-refractivity contribution in [2.45, 2.75) is 33.1 Å². The van der Waals surface area contributed by atoms with Crippen LogP contribution in [0.25, 0.3) is 22.7 Å². The summed E-state index contributed by atoms with van der Waals surface area (Å²) in [5.41, 5.74) is 3.82. The first-order chi connectivity index (χ1) is 14.9. The van der Waals surface area contributed by atoms with Crippen molar-refractivity contribution in [2.75, 3.05) is 6.54 Å². The van der Waals surface area contributed by atoms with Crippen LogP contribution in [0.1, 0.15) is 43.1 Å². The van der Waals surface area contributed by atoms with Crippen LogP contribution in [0, 0.1) is 18.6 Å². The highest BCUT2D eigenvalue weighted by atomic mass is 35.5. The zero-order chi connectivity index (χ0) is 22.4. The molecule has 0 atom stereocenters. The van der Waals surface area contributed by atoms with Gasteiger partial charge in [0.15, 0.2) is 0 Å². The molecular formula is C24H24ClF2N3O. The van der Waals surface area contributed by atoms with Crippen molar-refractivity contribution in [3.05, 3.63) is 82.7 Å². The molecule has 0 saturated carbocycles. The van der Waals surface area contributed by atoms with Gasteiger partial charge in [-0.25, -0.2) is 8.78 Å². The summed E-state index contributed by atoms with van der Waals surface area (Å²) in [5, 5.41) is 7.70. The van der Waals surface area contributed by atoms with Crippen LogP contribution in [0.15, 0.2) is 53.6 Å². The molecule has 31 heavy (non-hydrogen) atoms. The Morgan fingerprint density at radius 3 is 2.81 bits per heavy atom. The molecule has 1 heterocycles. The van der Waals surface area contributed by atoms with Crippen LogP contribution in [0.4, 0.5) is 8.78 Å². The van der Waals surface area contributed by atoms with E-state index in [9.17, 15) is 8.78 Å². The standard InChI is InChI=1S/C24H24ClF2N3O/c1-4-5-6-17(20-13-18(25)8-7-15(20)2)11-12-28-16(3)23-29-24(31-30-23)21-14-19(26)9-10-22(21)27/h6-10,13-14,28H,3-5,11-12H2,1-2H3/b17-6-. The van der Waals surface area contributed by atoms with Crippen molar-refractivity contribution >= 4 is 22.9 Å². The van der Waals surface area contributed by atoms with E-state index in [1.54, 1.807) is 0 Å².